The number of hydrogen-bond acceptors (Lipinski definition) is 3. The Morgan fingerprint density at radius 2 is 1.04 bits per heavy atom. The van der Waals surface area contributed by atoms with E-state index in [1.807, 2.05) is 76.2 Å². The van der Waals surface area contributed by atoms with E-state index < -0.39 is 0 Å². The molecule has 0 bridgehead atoms. The van der Waals surface area contributed by atoms with E-state index in [1.165, 1.54) is 0 Å². The maximum absolute atomic E-state index is 5.62. The second-order valence-corrected chi connectivity index (χ2v) is 6.37. The van der Waals surface area contributed by atoms with Crippen molar-refractivity contribution >= 4 is 28.7 Å². The minimum absolute atomic E-state index is 0.161. The van der Waals surface area contributed by atoms with E-state index in [2.05, 4.69) is 10.6 Å². The quantitative estimate of drug-likeness (QED) is 0.716. The van der Waals surface area contributed by atoms with Crippen LogP contribution < -0.4 is 20.1 Å². The van der Waals surface area contributed by atoms with Crippen molar-refractivity contribution < 1.29 is 9.47 Å². The van der Waals surface area contributed by atoms with Gasteiger partial charge in [0, 0.05) is 11.4 Å². The lowest BCUT2D eigenvalue weighted by atomic mass is 10.3. The smallest absolute Gasteiger partial charge is 0.175 e. The fourth-order valence-corrected chi connectivity index (χ4v) is 2.31. The van der Waals surface area contributed by atoms with Gasteiger partial charge in [-0.15, -0.1) is 0 Å². The van der Waals surface area contributed by atoms with Gasteiger partial charge in [0.15, 0.2) is 5.11 Å². The largest absolute Gasteiger partial charge is 0.491 e. The minimum atomic E-state index is 0.161. The van der Waals surface area contributed by atoms with Gasteiger partial charge in [-0.3, -0.25) is 0 Å². The zero-order valence-electron chi connectivity index (χ0n) is 14.5. The van der Waals surface area contributed by atoms with Crippen LogP contribution in [-0.2, 0) is 0 Å². The predicted octanol–water partition coefficient (Wildman–Crippen LogP) is 5.07. The minimum Gasteiger partial charge on any atom is -0.491 e. The van der Waals surface area contributed by atoms with E-state index >= 15 is 0 Å². The zero-order valence-corrected chi connectivity index (χ0v) is 15.3. The molecule has 0 atom stereocenters. The molecule has 0 unspecified atom stereocenters. The molecule has 0 aromatic heterocycles. The average Bonchev–Trinajstić information content (AvgIpc) is 2.50. The molecular formula is C19H24N2O2S. The molecule has 0 spiro atoms. The summed E-state index contributed by atoms with van der Waals surface area (Å²) in [5.74, 6) is 1.69. The van der Waals surface area contributed by atoms with Gasteiger partial charge in [-0.2, -0.15) is 0 Å². The molecule has 2 aromatic rings. The molecule has 0 aliphatic rings. The first kappa shape index (κ1) is 18.1. The maximum Gasteiger partial charge on any atom is 0.175 e. The molecule has 2 rings (SSSR count). The van der Waals surface area contributed by atoms with E-state index in [1.54, 1.807) is 0 Å². The van der Waals surface area contributed by atoms with Crippen LogP contribution >= 0.6 is 12.2 Å². The van der Waals surface area contributed by atoms with Crippen molar-refractivity contribution in [3.05, 3.63) is 48.5 Å². The van der Waals surface area contributed by atoms with Gasteiger partial charge in [0.05, 0.1) is 12.2 Å². The monoisotopic (exact) mass is 344 g/mol. The molecule has 0 aliphatic carbocycles. The van der Waals surface area contributed by atoms with Crippen LogP contribution in [0.5, 0.6) is 11.5 Å². The summed E-state index contributed by atoms with van der Waals surface area (Å²) in [6.07, 6.45) is 0.323. The molecule has 0 saturated carbocycles. The summed E-state index contributed by atoms with van der Waals surface area (Å²) in [6, 6.07) is 15.4. The molecule has 128 valence electrons. The van der Waals surface area contributed by atoms with Gasteiger partial charge in [0.1, 0.15) is 11.5 Å². The Bertz CT molecular complexity index is 595. The van der Waals surface area contributed by atoms with Crippen LogP contribution in [-0.4, -0.2) is 17.3 Å². The molecule has 0 aliphatic heterocycles. The predicted molar refractivity (Wildman–Crippen MR) is 104 cm³/mol. The van der Waals surface area contributed by atoms with Crippen molar-refractivity contribution in [2.75, 3.05) is 10.6 Å². The van der Waals surface area contributed by atoms with Gasteiger partial charge in [-0.1, -0.05) is 0 Å². The zero-order chi connectivity index (χ0) is 17.5. The summed E-state index contributed by atoms with van der Waals surface area (Å²) in [5, 5.41) is 6.84. The van der Waals surface area contributed by atoms with Crippen molar-refractivity contribution in [3.63, 3.8) is 0 Å². The van der Waals surface area contributed by atoms with E-state index in [9.17, 15) is 0 Å². The molecule has 0 amide bonds. The number of rotatable bonds is 6. The van der Waals surface area contributed by atoms with Crippen LogP contribution in [0.3, 0.4) is 0 Å². The number of benzene rings is 2. The Hall–Kier alpha value is -2.27. The highest BCUT2D eigenvalue weighted by Crippen LogP contribution is 2.19. The fourth-order valence-electron chi connectivity index (χ4n) is 2.07. The highest BCUT2D eigenvalue weighted by Gasteiger charge is 2.02. The molecule has 0 fully saturated rings. The average molecular weight is 344 g/mol. The SMILES string of the molecule is CC(C)Oc1ccc(NC(=S)Nc2ccc(OC(C)C)cc2)cc1. The third-order valence-corrected chi connectivity index (χ3v) is 3.17. The molecule has 0 radical (unpaired) electrons. The van der Waals surface area contributed by atoms with Gasteiger partial charge in [0.25, 0.3) is 0 Å². The summed E-state index contributed by atoms with van der Waals surface area (Å²) in [5.41, 5.74) is 1.81. The van der Waals surface area contributed by atoms with Crippen LogP contribution in [0.4, 0.5) is 11.4 Å². The highest BCUT2D eigenvalue weighted by atomic mass is 32.1. The summed E-state index contributed by atoms with van der Waals surface area (Å²) in [4.78, 5) is 0. The number of hydrogen-bond donors (Lipinski definition) is 2. The second-order valence-electron chi connectivity index (χ2n) is 5.96. The Balaban J connectivity index is 1.88. The lowest BCUT2D eigenvalue weighted by molar-refractivity contribution is 0.242. The van der Waals surface area contributed by atoms with Crippen molar-refractivity contribution in [1.82, 2.24) is 0 Å². The molecule has 0 saturated heterocycles. The van der Waals surface area contributed by atoms with Crippen LogP contribution in [0.2, 0.25) is 0 Å². The van der Waals surface area contributed by atoms with E-state index in [0.717, 1.165) is 22.9 Å². The maximum atomic E-state index is 5.62. The lowest BCUT2D eigenvalue weighted by Gasteiger charge is -2.13. The molecule has 2 N–H and O–H groups in total. The Morgan fingerprint density at radius 3 is 1.33 bits per heavy atom. The van der Waals surface area contributed by atoms with E-state index in [4.69, 9.17) is 21.7 Å². The number of thiocarbonyl (C=S) groups is 1. The van der Waals surface area contributed by atoms with Gasteiger partial charge in [-0.25, -0.2) is 0 Å². The van der Waals surface area contributed by atoms with E-state index in [-0.39, 0.29) is 12.2 Å². The highest BCUT2D eigenvalue weighted by molar-refractivity contribution is 7.80. The first-order valence-corrected chi connectivity index (χ1v) is 8.44. The number of ether oxygens (including phenoxy) is 2. The Morgan fingerprint density at radius 1 is 0.708 bits per heavy atom. The normalized spacial score (nSPS) is 10.6. The van der Waals surface area contributed by atoms with Crippen LogP contribution in [0, 0.1) is 0 Å². The van der Waals surface area contributed by atoms with Crippen molar-refractivity contribution in [3.8, 4) is 11.5 Å². The summed E-state index contributed by atoms with van der Waals surface area (Å²) < 4.78 is 11.2. The molecule has 5 heteroatoms. The third-order valence-electron chi connectivity index (χ3n) is 2.97. The van der Waals surface area contributed by atoms with Crippen LogP contribution in [0.1, 0.15) is 27.7 Å². The first-order chi connectivity index (χ1) is 11.4. The Labute approximate surface area is 149 Å². The topological polar surface area (TPSA) is 42.5 Å². The number of nitrogens with one attached hydrogen (secondary N) is 2. The molecule has 0 heterocycles. The molecule has 4 nitrogen and oxygen atoms in total. The summed E-state index contributed by atoms with van der Waals surface area (Å²) >= 11 is 5.34. The van der Waals surface area contributed by atoms with Crippen molar-refractivity contribution in [2.24, 2.45) is 0 Å². The number of anilines is 2. The van der Waals surface area contributed by atoms with Gasteiger partial charge in [-0.05, 0) is 88.4 Å². The standard InChI is InChI=1S/C19H24N2O2S/c1-13(2)22-17-9-5-15(6-10-17)20-19(24)21-16-7-11-18(12-8-16)23-14(3)4/h5-14H,1-4H3,(H2,20,21,24). The van der Waals surface area contributed by atoms with Crippen LogP contribution in [0.15, 0.2) is 48.5 Å². The molecule has 2 aromatic carbocycles. The third kappa shape index (κ3) is 6.08. The van der Waals surface area contributed by atoms with Gasteiger partial charge >= 0.3 is 0 Å². The Kier molecular flexibility index (Phi) is 6.44. The lowest BCUT2D eigenvalue weighted by Crippen LogP contribution is -2.19. The molecule has 24 heavy (non-hydrogen) atoms. The summed E-state index contributed by atoms with van der Waals surface area (Å²) in [7, 11) is 0. The van der Waals surface area contributed by atoms with E-state index in [0.29, 0.717) is 5.11 Å². The summed E-state index contributed by atoms with van der Waals surface area (Å²) in [6.45, 7) is 8.01. The van der Waals surface area contributed by atoms with Crippen LogP contribution in [0.25, 0.3) is 0 Å². The second kappa shape index (κ2) is 8.55. The van der Waals surface area contributed by atoms with Gasteiger partial charge in [0.2, 0.25) is 0 Å². The molecular weight excluding hydrogens is 320 g/mol. The van der Waals surface area contributed by atoms with Gasteiger partial charge < -0.3 is 20.1 Å². The first-order valence-electron chi connectivity index (χ1n) is 8.04. The van der Waals surface area contributed by atoms with Crippen molar-refractivity contribution in [2.45, 2.75) is 39.9 Å². The van der Waals surface area contributed by atoms with Crippen molar-refractivity contribution in [1.29, 1.82) is 0 Å². The fraction of sp³-hybridized carbons (Fsp3) is 0.316.